The predicted molar refractivity (Wildman–Crippen MR) is 51.7 cm³/mol. The fourth-order valence-electron chi connectivity index (χ4n) is 0.859. The molecule has 0 saturated heterocycles. The van der Waals surface area contributed by atoms with Crippen molar-refractivity contribution in [1.82, 2.24) is 15.5 Å². The van der Waals surface area contributed by atoms with E-state index in [1.54, 1.807) is 18.3 Å². The Morgan fingerprint density at radius 2 is 2.29 bits per heavy atom. The van der Waals surface area contributed by atoms with E-state index in [0.29, 0.717) is 13.1 Å². The third-order valence-electron chi connectivity index (χ3n) is 1.50. The first kappa shape index (κ1) is 11.0. The number of nitrogens with two attached hydrogens (primary N) is 1. The molecule has 0 fully saturated rings. The quantitative estimate of drug-likeness (QED) is 0.606. The van der Waals surface area contributed by atoms with Gasteiger partial charge in [0.1, 0.15) is 0 Å². The Balaban J connectivity index is 2.23. The number of sulfonamides is 1. The monoisotopic (exact) mass is 216 g/mol. The van der Waals surface area contributed by atoms with Crippen LogP contribution in [0.25, 0.3) is 0 Å². The fourth-order valence-corrected chi connectivity index (χ4v) is 1.29. The van der Waals surface area contributed by atoms with E-state index in [2.05, 4.69) is 15.5 Å². The van der Waals surface area contributed by atoms with Gasteiger partial charge in [-0.05, 0) is 12.1 Å². The van der Waals surface area contributed by atoms with Gasteiger partial charge in [0.25, 0.3) is 0 Å². The molecule has 0 bridgehead atoms. The molecule has 0 aliphatic rings. The van der Waals surface area contributed by atoms with Crippen LogP contribution in [0.4, 0.5) is 0 Å². The molecule has 1 rings (SSSR count). The molecule has 0 aliphatic carbocycles. The molecule has 0 saturated carbocycles. The van der Waals surface area contributed by atoms with Gasteiger partial charge in [0.2, 0.25) is 10.0 Å². The summed E-state index contributed by atoms with van der Waals surface area (Å²) in [5.74, 6) is -0.0761. The second-order valence-electron chi connectivity index (χ2n) is 2.76. The van der Waals surface area contributed by atoms with Gasteiger partial charge in [-0.15, -0.1) is 0 Å². The van der Waals surface area contributed by atoms with Crippen molar-refractivity contribution in [3.8, 4) is 0 Å². The maximum Gasteiger partial charge on any atom is 0.210 e. The Morgan fingerprint density at radius 3 is 2.86 bits per heavy atom. The topological polar surface area (TPSA) is 98.0 Å². The average molecular weight is 216 g/mol. The van der Waals surface area contributed by atoms with Crippen LogP contribution >= 0.6 is 0 Å². The summed E-state index contributed by atoms with van der Waals surface area (Å²) in [6.07, 6.45) is 1.58. The van der Waals surface area contributed by atoms with Crippen LogP contribution in [-0.4, -0.2) is 30.9 Å². The molecule has 1 heterocycles. The molecular formula is C7H12N4O2S. The first-order valence-corrected chi connectivity index (χ1v) is 5.77. The van der Waals surface area contributed by atoms with Crippen molar-refractivity contribution >= 4 is 10.0 Å². The Labute approximate surface area is 82.6 Å². The SMILES string of the molecule is NS(=O)(=O)CCNCc1cccnn1. The van der Waals surface area contributed by atoms with E-state index in [1.165, 1.54) is 0 Å². The van der Waals surface area contributed by atoms with Gasteiger partial charge in [0, 0.05) is 19.3 Å². The minimum absolute atomic E-state index is 0.0761. The predicted octanol–water partition coefficient (Wildman–Crippen LogP) is -1.15. The smallest absolute Gasteiger partial charge is 0.210 e. The summed E-state index contributed by atoms with van der Waals surface area (Å²) in [4.78, 5) is 0. The molecule has 6 nitrogen and oxygen atoms in total. The van der Waals surface area contributed by atoms with Gasteiger partial charge in [-0.25, -0.2) is 13.6 Å². The Kier molecular flexibility index (Phi) is 3.93. The van der Waals surface area contributed by atoms with Crippen LogP contribution in [0, 0.1) is 0 Å². The summed E-state index contributed by atoms with van der Waals surface area (Å²) >= 11 is 0. The first-order valence-electron chi connectivity index (χ1n) is 4.06. The van der Waals surface area contributed by atoms with E-state index >= 15 is 0 Å². The third-order valence-corrected chi connectivity index (χ3v) is 2.27. The van der Waals surface area contributed by atoms with Gasteiger partial charge in [0.15, 0.2) is 0 Å². The van der Waals surface area contributed by atoms with Crippen molar-refractivity contribution in [2.24, 2.45) is 5.14 Å². The summed E-state index contributed by atoms with van der Waals surface area (Å²) in [6, 6.07) is 3.57. The fraction of sp³-hybridized carbons (Fsp3) is 0.429. The highest BCUT2D eigenvalue weighted by Crippen LogP contribution is 1.88. The zero-order chi connectivity index (χ0) is 10.4. The Bertz CT molecular complexity index is 365. The second-order valence-corrected chi connectivity index (χ2v) is 4.49. The maximum absolute atomic E-state index is 10.6. The van der Waals surface area contributed by atoms with Gasteiger partial charge in [-0.3, -0.25) is 0 Å². The molecule has 14 heavy (non-hydrogen) atoms. The van der Waals surface area contributed by atoms with Gasteiger partial charge in [-0.1, -0.05) is 0 Å². The van der Waals surface area contributed by atoms with Gasteiger partial charge < -0.3 is 5.32 Å². The van der Waals surface area contributed by atoms with Crippen molar-refractivity contribution in [3.63, 3.8) is 0 Å². The first-order chi connectivity index (χ1) is 6.58. The Morgan fingerprint density at radius 1 is 1.50 bits per heavy atom. The lowest BCUT2D eigenvalue weighted by Crippen LogP contribution is -2.27. The molecule has 0 amide bonds. The highest BCUT2D eigenvalue weighted by atomic mass is 32.2. The molecule has 78 valence electrons. The normalized spacial score (nSPS) is 11.5. The van der Waals surface area contributed by atoms with E-state index in [-0.39, 0.29) is 5.75 Å². The molecule has 7 heteroatoms. The molecule has 0 aliphatic heterocycles. The molecule has 0 atom stereocenters. The Hall–Kier alpha value is -1.05. The lowest BCUT2D eigenvalue weighted by Gasteiger charge is -2.01. The third kappa shape index (κ3) is 4.85. The van der Waals surface area contributed by atoms with Crippen molar-refractivity contribution < 1.29 is 8.42 Å². The van der Waals surface area contributed by atoms with Crippen molar-refractivity contribution in [3.05, 3.63) is 24.0 Å². The van der Waals surface area contributed by atoms with Crippen LogP contribution in [0.3, 0.4) is 0 Å². The van der Waals surface area contributed by atoms with E-state index in [4.69, 9.17) is 5.14 Å². The van der Waals surface area contributed by atoms with E-state index in [9.17, 15) is 8.42 Å². The summed E-state index contributed by atoms with van der Waals surface area (Å²) in [5.41, 5.74) is 0.766. The van der Waals surface area contributed by atoms with Gasteiger partial charge >= 0.3 is 0 Å². The van der Waals surface area contributed by atoms with E-state index in [1.807, 2.05) is 0 Å². The number of hydrogen-bond acceptors (Lipinski definition) is 5. The van der Waals surface area contributed by atoms with Crippen molar-refractivity contribution in [1.29, 1.82) is 0 Å². The molecule has 3 N–H and O–H groups in total. The second kappa shape index (κ2) is 4.99. The minimum atomic E-state index is -3.38. The van der Waals surface area contributed by atoms with Crippen LogP contribution in [-0.2, 0) is 16.6 Å². The molecule has 1 aromatic heterocycles. The number of nitrogens with one attached hydrogen (secondary N) is 1. The summed E-state index contributed by atoms with van der Waals surface area (Å²) < 4.78 is 21.1. The highest BCUT2D eigenvalue weighted by Gasteiger charge is 2.01. The zero-order valence-electron chi connectivity index (χ0n) is 7.55. The lowest BCUT2D eigenvalue weighted by molar-refractivity contribution is 0.591. The van der Waals surface area contributed by atoms with E-state index in [0.717, 1.165) is 5.69 Å². The number of primary sulfonamides is 1. The minimum Gasteiger partial charge on any atom is -0.310 e. The van der Waals surface area contributed by atoms with Crippen LogP contribution in [0.1, 0.15) is 5.69 Å². The lowest BCUT2D eigenvalue weighted by atomic mass is 10.4. The van der Waals surface area contributed by atoms with Crippen LogP contribution in [0.2, 0.25) is 0 Å². The summed E-state index contributed by atoms with van der Waals surface area (Å²) in [7, 11) is -3.38. The average Bonchev–Trinajstić information content (AvgIpc) is 2.13. The number of aromatic nitrogens is 2. The molecule has 0 radical (unpaired) electrons. The van der Waals surface area contributed by atoms with Crippen molar-refractivity contribution in [2.45, 2.75) is 6.54 Å². The van der Waals surface area contributed by atoms with Gasteiger partial charge in [0.05, 0.1) is 11.4 Å². The molecule has 0 aromatic carbocycles. The maximum atomic E-state index is 10.6. The number of hydrogen-bond donors (Lipinski definition) is 2. The van der Waals surface area contributed by atoms with Crippen LogP contribution in [0.15, 0.2) is 18.3 Å². The van der Waals surface area contributed by atoms with Crippen LogP contribution < -0.4 is 10.5 Å². The standard InChI is InChI=1S/C7H12N4O2S/c8-14(12,13)5-4-9-6-7-2-1-3-10-11-7/h1-3,9H,4-6H2,(H2,8,12,13). The summed E-state index contributed by atoms with van der Waals surface area (Å²) in [6.45, 7) is 0.804. The van der Waals surface area contributed by atoms with E-state index < -0.39 is 10.0 Å². The molecule has 1 aromatic rings. The molecule has 0 spiro atoms. The zero-order valence-corrected chi connectivity index (χ0v) is 8.37. The number of rotatable bonds is 5. The van der Waals surface area contributed by atoms with Gasteiger partial charge in [-0.2, -0.15) is 10.2 Å². The number of nitrogens with zero attached hydrogens (tertiary/aromatic N) is 2. The summed E-state index contributed by atoms with van der Waals surface area (Å²) in [5, 5.41) is 15.2. The van der Waals surface area contributed by atoms with Crippen LogP contribution in [0.5, 0.6) is 0 Å². The van der Waals surface area contributed by atoms with Crippen molar-refractivity contribution in [2.75, 3.05) is 12.3 Å². The molecular weight excluding hydrogens is 204 g/mol. The molecule has 0 unspecified atom stereocenters. The largest absolute Gasteiger partial charge is 0.310 e. The highest BCUT2D eigenvalue weighted by molar-refractivity contribution is 7.89.